The quantitative estimate of drug-likeness (QED) is 0.493. The number of carbonyl (C=O) groups excluding carboxylic acids is 2. The van der Waals surface area contributed by atoms with Gasteiger partial charge in [0.1, 0.15) is 6.54 Å². The SMILES string of the molecule is CC(OC(=O)CNS(=O)(=O)c1ccc2ccccc2c1)C(=O)Nc1ccc(Br)cc1. The Labute approximate surface area is 182 Å². The molecule has 3 aromatic rings. The Morgan fingerprint density at radius 1 is 1.00 bits per heavy atom. The molecular weight excluding hydrogens is 472 g/mol. The van der Waals surface area contributed by atoms with Crippen LogP contribution in [0, 0.1) is 0 Å². The average molecular weight is 491 g/mol. The highest BCUT2D eigenvalue weighted by Crippen LogP contribution is 2.19. The number of esters is 1. The number of sulfonamides is 1. The molecule has 1 unspecified atom stereocenters. The van der Waals surface area contributed by atoms with Crippen LogP contribution in [-0.2, 0) is 24.3 Å². The lowest BCUT2D eigenvalue weighted by Crippen LogP contribution is -2.35. The van der Waals surface area contributed by atoms with Crippen molar-refractivity contribution in [1.82, 2.24) is 4.72 Å². The summed E-state index contributed by atoms with van der Waals surface area (Å²) in [6, 6.07) is 18.9. The standard InChI is InChI=1S/C21H19BrN2O5S/c1-14(21(26)24-18-9-7-17(22)8-10-18)29-20(25)13-23-30(27,28)19-11-6-15-4-2-3-5-16(15)12-19/h2-12,14,23H,13H2,1H3,(H,24,26). The second kappa shape index (κ2) is 9.38. The van der Waals surface area contributed by atoms with Gasteiger partial charge >= 0.3 is 5.97 Å². The van der Waals surface area contributed by atoms with E-state index in [1.54, 1.807) is 36.4 Å². The molecule has 0 aliphatic carbocycles. The van der Waals surface area contributed by atoms with Crippen LogP contribution in [0.15, 0.2) is 76.1 Å². The fraction of sp³-hybridized carbons (Fsp3) is 0.143. The van der Waals surface area contributed by atoms with Crippen LogP contribution < -0.4 is 10.0 Å². The van der Waals surface area contributed by atoms with Gasteiger partial charge in [-0.05, 0) is 54.1 Å². The summed E-state index contributed by atoms with van der Waals surface area (Å²) in [6.45, 7) is 0.814. The molecule has 0 spiro atoms. The average Bonchev–Trinajstić information content (AvgIpc) is 2.73. The Hall–Kier alpha value is -2.75. The summed E-state index contributed by atoms with van der Waals surface area (Å²) >= 11 is 3.30. The van der Waals surface area contributed by atoms with Crippen molar-refractivity contribution in [3.8, 4) is 0 Å². The van der Waals surface area contributed by atoms with E-state index in [0.29, 0.717) is 5.69 Å². The van der Waals surface area contributed by atoms with Gasteiger partial charge < -0.3 is 10.1 Å². The number of nitrogens with one attached hydrogen (secondary N) is 2. The van der Waals surface area contributed by atoms with E-state index in [1.807, 2.05) is 18.2 Å². The minimum absolute atomic E-state index is 0.0371. The number of carbonyl (C=O) groups is 2. The number of hydrogen-bond donors (Lipinski definition) is 2. The first-order valence-corrected chi connectivity index (χ1v) is 11.3. The smallest absolute Gasteiger partial charge is 0.321 e. The zero-order valence-corrected chi connectivity index (χ0v) is 18.4. The maximum atomic E-state index is 12.5. The molecule has 2 N–H and O–H groups in total. The van der Waals surface area contributed by atoms with E-state index in [9.17, 15) is 18.0 Å². The largest absolute Gasteiger partial charge is 0.452 e. The van der Waals surface area contributed by atoms with Gasteiger partial charge in [0.25, 0.3) is 5.91 Å². The summed E-state index contributed by atoms with van der Waals surface area (Å²) in [5.74, 6) is -1.39. The van der Waals surface area contributed by atoms with Crippen LogP contribution in [0.25, 0.3) is 10.8 Å². The third-order valence-corrected chi connectivity index (χ3v) is 6.15. The van der Waals surface area contributed by atoms with Crippen LogP contribution >= 0.6 is 15.9 Å². The van der Waals surface area contributed by atoms with Crippen molar-refractivity contribution in [3.05, 3.63) is 71.2 Å². The van der Waals surface area contributed by atoms with E-state index < -0.39 is 34.5 Å². The Balaban J connectivity index is 1.55. The van der Waals surface area contributed by atoms with Crippen molar-refractivity contribution in [3.63, 3.8) is 0 Å². The third-order valence-electron chi connectivity index (χ3n) is 4.23. The monoisotopic (exact) mass is 490 g/mol. The fourth-order valence-electron chi connectivity index (χ4n) is 2.64. The van der Waals surface area contributed by atoms with Crippen molar-refractivity contribution >= 4 is 54.3 Å². The van der Waals surface area contributed by atoms with E-state index in [0.717, 1.165) is 15.2 Å². The van der Waals surface area contributed by atoms with Gasteiger partial charge in [-0.2, -0.15) is 4.72 Å². The maximum Gasteiger partial charge on any atom is 0.321 e. The lowest BCUT2D eigenvalue weighted by atomic mass is 10.1. The molecule has 0 aliphatic heterocycles. The number of rotatable bonds is 7. The van der Waals surface area contributed by atoms with Crippen LogP contribution in [0.2, 0.25) is 0 Å². The summed E-state index contributed by atoms with van der Waals surface area (Å²) in [7, 11) is -3.91. The minimum Gasteiger partial charge on any atom is -0.452 e. The van der Waals surface area contributed by atoms with Crippen LogP contribution in [0.3, 0.4) is 0 Å². The van der Waals surface area contributed by atoms with Gasteiger partial charge in [0.05, 0.1) is 4.90 Å². The summed E-state index contributed by atoms with van der Waals surface area (Å²) in [4.78, 5) is 24.2. The first kappa shape index (κ1) is 21.9. The molecule has 3 aromatic carbocycles. The molecule has 9 heteroatoms. The highest BCUT2D eigenvalue weighted by atomic mass is 79.9. The first-order chi connectivity index (χ1) is 14.2. The number of hydrogen-bond acceptors (Lipinski definition) is 5. The molecule has 1 atom stereocenters. The van der Waals surface area contributed by atoms with Crippen molar-refractivity contribution in [2.75, 3.05) is 11.9 Å². The van der Waals surface area contributed by atoms with E-state index in [2.05, 4.69) is 26.0 Å². The fourth-order valence-corrected chi connectivity index (χ4v) is 3.91. The van der Waals surface area contributed by atoms with Gasteiger partial charge in [-0.25, -0.2) is 8.42 Å². The Kier molecular flexibility index (Phi) is 6.86. The van der Waals surface area contributed by atoms with Crippen molar-refractivity contribution in [1.29, 1.82) is 0 Å². The van der Waals surface area contributed by atoms with Crippen LogP contribution in [0.4, 0.5) is 5.69 Å². The van der Waals surface area contributed by atoms with E-state index in [-0.39, 0.29) is 4.90 Å². The van der Waals surface area contributed by atoms with Crippen LogP contribution in [-0.4, -0.2) is 32.9 Å². The highest BCUT2D eigenvalue weighted by molar-refractivity contribution is 9.10. The number of benzene rings is 3. The molecule has 0 aliphatic rings. The van der Waals surface area contributed by atoms with Crippen LogP contribution in [0.5, 0.6) is 0 Å². The van der Waals surface area contributed by atoms with E-state index >= 15 is 0 Å². The molecule has 0 aromatic heterocycles. The van der Waals surface area contributed by atoms with Crippen LogP contribution in [0.1, 0.15) is 6.92 Å². The van der Waals surface area contributed by atoms with Crippen molar-refractivity contribution in [2.24, 2.45) is 0 Å². The van der Waals surface area contributed by atoms with Gasteiger partial charge in [0.2, 0.25) is 10.0 Å². The second-order valence-electron chi connectivity index (χ2n) is 6.46. The molecular formula is C21H19BrN2O5S. The third kappa shape index (κ3) is 5.65. The molecule has 0 saturated carbocycles. The molecule has 0 heterocycles. The van der Waals surface area contributed by atoms with E-state index in [1.165, 1.54) is 19.1 Å². The number of halogens is 1. The molecule has 30 heavy (non-hydrogen) atoms. The lowest BCUT2D eigenvalue weighted by Gasteiger charge is -2.14. The Bertz CT molecular complexity index is 1180. The van der Waals surface area contributed by atoms with Crippen molar-refractivity contribution < 1.29 is 22.7 Å². The maximum absolute atomic E-state index is 12.5. The molecule has 3 rings (SSSR count). The molecule has 1 amide bonds. The minimum atomic E-state index is -3.91. The molecule has 7 nitrogen and oxygen atoms in total. The van der Waals surface area contributed by atoms with Gasteiger partial charge in [-0.3, -0.25) is 9.59 Å². The van der Waals surface area contributed by atoms with Crippen molar-refractivity contribution in [2.45, 2.75) is 17.9 Å². The second-order valence-corrected chi connectivity index (χ2v) is 9.14. The number of anilines is 1. The summed E-state index contributed by atoms with van der Waals surface area (Å²) < 4.78 is 33.0. The normalized spacial score (nSPS) is 12.3. The summed E-state index contributed by atoms with van der Waals surface area (Å²) in [6.07, 6.45) is -1.09. The molecule has 0 saturated heterocycles. The first-order valence-electron chi connectivity index (χ1n) is 8.99. The van der Waals surface area contributed by atoms with Gasteiger partial charge in [0, 0.05) is 10.2 Å². The predicted octanol–water partition coefficient (Wildman–Crippen LogP) is 3.45. The lowest BCUT2D eigenvalue weighted by molar-refractivity contribution is -0.151. The molecule has 0 radical (unpaired) electrons. The zero-order chi connectivity index (χ0) is 21.7. The number of amides is 1. The topological polar surface area (TPSA) is 102 Å². The number of fused-ring (bicyclic) bond motifs is 1. The molecule has 156 valence electrons. The Morgan fingerprint density at radius 2 is 1.67 bits per heavy atom. The molecule has 0 bridgehead atoms. The van der Waals surface area contributed by atoms with Gasteiger partial charge in [0.15, 0.2) is 6.10 Å². The summed E-state index contributed by atoms with van der Waals surface area (Å²) in [5, 5.41) is 4.28. The summed E-state index contributed by atoms with van der Waals surface area (Å²) in [5.41, 5.74) is 0.545. The highest BCUT2D eigenvalue weighted by Gasteiger charge is 2.21. The van der Waals surface area contributed by atoms with Gasteiger partial charge in [-0.15, -0.1) is 0 Å². The Morgan fingerprint density at radius 3 is 2.37 bits per heavy atom. The van der Waals surface area contributed by atoms with Gasteiger partial charge in [-0.1, -0.05) is 46.3 Å². The predicted molar refractivity (Wildman–Crippen MR) is 117 cm³/mol. The molecule has 0 fully saturated rings. The number of ether oxygens (including phenoxy) is 1. The zero-order valence-electron chi connectivity index (χ0n) is 16.0. The van der Waals surface area contributed by atoms with E-state index in [4.69, 9.17) is 4.74 Å².